The second-order valence-electron chi connectivity index (χ2n) is 5.51. The number of carbonyl (C=O) groups is 1. The van der Waals surface area contributed by atoms with Gasteiger partial charge >= 0.3 is 5.63 Å². The van der Waals surface area contributed by atoms with Gasteiger partial charge in [-0.2, -0.15) is 0 Å². The largest absolute Gasteiger partial charge is 0.496 e. The first-order valence-corrected chi connectivity index (χ1v) is 7.59. The van der Waals surface area contributed by atoms with E-state index in [9.17, 15) is 9.59 Å². The molecule has 1 amide bonds. The van der Waals surface area contributed by atoms with Gasteiger partial charge in [-0.1, -0.05) is 17.7 Å². The van der Waals surface area contributed by atoms with Gasteiger partial charge in [0.2, 0.25) is 0 Å². The Labute approximate surface area is 144 Å². The summed E-state index contributed by atoms with van der Waals surface area (Å²) in [5.41, 5.74) is 1.12. The van der Waals surface area contributed by atoms with Crippen LogP contribution in [0.4, 0.5) is 5.69 Å². The third-order valence-corrected chi connectivity index (χ3v) is 3.80. The molecule has 1 N–H and O–H groups in total. The summed E-state index contributed by atoms with van der Waals surface area (Å²) in [6, 6.07) is 12.0. The first kappa shape index (κ1) is 16.6. The highest BCUT2D eigenvalue weighted by molar-refractivity contribution is 6.06. The van der Waals surface area contributed by atoms with Crippen molar-refractivity contribution in [3.63, 3.8) is 0 Å². The molecule has 0 saturated heterocycles. The van der Waals surface area contributed by atoms with Crippen molar-refractivity contribution in [1.29, 1.82) is 0 Å². The van der Waals surface area contributed by atoms with Gasteiger partial charge in [0.25, 0.3) is 5.91 Å². The first-order chi connectivity index (χ1) is 12.0. The monoisotopic (exact) mass is 339 g/mol. The quantitative estimate of drug-likeness (QED) is 0.737. The number of nitrogens with one attached hydrogen (secondary N) is 1. The van der Waals surface area contributed by atoms with Gasteiger partial charge in [-0.25, -0.2) is 4.79 Å². The van der Waals surface area contributed by atoms with Gasteiger partial charge in [0, 0.05) is 17.8 Å². The summed E-state index contributed by atoms with van der Waals surface area (Å²) < 4.78 is 15.7. The SMILES string of the molecule is COc1cc(OC)c2cc(C(=O)Nc3ccc(C)cc3)c(=O)oc2c1. The fourth-order valence-corrected chi connectivity index (χ4v) is 2.44. The number of hydrogen-bond acceptors (Lipinski definition) is 5. The minimum Gasteiger partial charge on any atom is -0.496 e. The van der Waals surface area contributed by atoms with Crippen LogP contribution in [0.5, 0.6) is 11.5 Å². The molecule has 0 aliphatic heterocycles. The second-order valence-corrected chi connectivity index (χ2v) is 5.51. The molecule has 25 heavy (non-hydrogen) atoms. The molecule has 1 aromatic heterocycles. The van der Waals surface area contributed by atoms with Gasteiger partial charge in [0.05, 0.1) is 19.6 Å². The Balaban J connectivity index is 2.03. The Morgan fingerprint density at radius 3 is 2.40 bits per heavy atom. The van der Waals surface area contributed by atoms with Gasteiger partial charge in [-0.3, -0.25) is 4.79 Å². The molecule has 6 heteroatoms. The summed E-state index contributed by atoms with van der Waals surface area (Å²) in [6.07, 6.45) is 0. The predicted octanol–water partition coefficient (Wildman–Crippen LogP) is 3.37. The number of rotatable bonds is 4. The molecule has 3 aromatic rings. The van der Waals surface area contributed by atoms with Crippen molar-refractivity contribution in [3.05, 3.63) is 64.0 Å². The van der Waals surface area contributed by atoms with Gasteiger partial charge < -0.3 is 19.2 Å². The number of amides is 1. The molecular weight excluding hydrogens is 322 g/mol. The number of hydrogen-bond donors (Lipinski definition) is 1. The molecule has 3 rings (SSSR count). The Morgan fingerprint density at radius 1 is 1.04 bits per heavy atom. The zero-order valence-corrected chi connectivity index (χ0v) is 14.1. The number of carbonyl (C=O) groups excluding carboxylic acids is 1. The minimum atomic E-state index is -0.729. The molecule has 128 valence electrons. The van der Waals surface area contributed by atoms with Crippen molar-refractivity contribution in [3.8, 4) is 11.5 Å². The van der Waals surface area contributed by atoms with Crippen LogP contribution in [-0.4, -0.2) is 20.1 Å². The minimum absolute atomic E-state index is 0.100. The molecule has 1 heterocycles. The molecule has 6 nitrogen and oxygen atoms in total. The van der Waals surface area contributed by atoms with E-state index in [2.05, 4.69) is 5.32 Å². The van der Waals surface area contributed by atoms with Crippen molar-refractivity contribution >= 4 is 22.6 Å². The fourth-order valence-electron chi connectivity index (χ4n) is 2.44. The molecule has 0 aliphatic rings. The standard InChI is InChI=1S/C19H17NO5/c1-11-4-6-12(7-5-11)20-18(21)15-10-14-16(24-3)8-13(23-2)9-17(14)25-19(15)22/h4-10H,1-3H3,(H,20,21). The molecule has 0 fully saturated rings. The van der Waals surface area contributed by atoms with Crippen LogP contribution in [-0.2, 0) is 0 Å². The molecule has 0 saturated carbocycles. The van der Waals surface area contributed by atoms with Crippen molar-refractivity contribution in [1.82, 2.24) is 0 Å². The predicted molar refractivity (Wildman–Crippen MR) is 94.7 cm³/mol. The van der Waals surface area contributed by atoms with Crippen LogP contribution in [0.2, 0.25) is 0 Å². The number of ether oxygens (including phenoxy) is 2. The van der Waals surface area contributed by atoms with Crippen molar-refractivity contribution in [2.24, 2.45) is 0 Å². The molecule has 0 atom stereocenters. The maximum atomic E-state index is 12.4. The number of methoxy groups -OCH3 is 2. The van der Waals surface area contributed by atoms with Crippen molar-refractivity contribution < 1.29 is 18.7 Å². The van der Waals surface area contributed by atoms with E-state index in [-0.39, 0.29) is 11.1 Å². The van der Waals surface area contributed by atoms with E-state index in [1.54, 1.807) is 24.3 Å². The topological polar surface area (TPSA) is 77.8 Å². The summed E-state index contributed by atoms with van der Waals surface area (Å²) in [5, 5.41) is 3.20. The lowest BCUT2D eigenvalue weighted by molar-refractivity contribution is 0.102. The molecule has 0 aliphatic carbocycles. The summed E-state index contributed by atoms with van der Waals surface area (Å²) in [7, 11) is 2.99. The Bertz CT molecular complexity index is 989. The van der Waals surface area contributed by atoms with Crippen molar-refractivity contribution in [2.75, 3.05) is 19.5 Å². The summed E-state index contributed by atoms with van der Waals surface area (Å²) in [6.45, 7) is 1.95. The molecule has 0 spiro atoms. The van der Waals surface area contributed by atoms with Crippen LogP contribution in [0.3, 0.4) is 0 Å². The summed E-state index contributed by atoms with van der Waals surface area (Å²) >= 11 is 0. The first-order valence-electron chi connectivity index (χ1n) is 7.59. The highest BCUT2D eigenvalue weighted by Gasteiger charge is 2.17. The van der Waals surface area contributed by atoms with E-state index in [0.29, 0.717) is 22.6 Å². The molecule has 0 radical (unpaired) electrons. The maximum absolute atomic E-state index is 12.4. The van der Waals surface area contributed by atoms with Gasteiger partial charge in [0.1, 0.15) is 22.6 Å². The van der Waals surface area contributed by atoms with Crippen LogP contribution in [0.15, 0.2) is 51.7 Å². The van der Waals surface area contributed by atoms with Crippen LogP contribution in [0.1, 0.15) is 15.9 Å². The Kier molecular flexibility index (Phi) is 4.43. The zero-order valence-electron chi connectivity index (χ0n) is 14.1. The van der Waals surface area contributed by atoms with E-state index >= 15 is 0 Å². The van der Waals surface area contributed by atoms with Crippen LogP contribution in [0.25, 0.3) is 11.0 Å². The maximum Gasteiger partial charge on any atom is 0.349 e. The van der Waals surface area contributed by atoms with E-state index in [1.165, 1.54) is 20.3 Å². The normalized spacial score (nSPS) is 10.5. The number of aryl methyl sites for hydroxylation is 1. The second kappa shape index (κ2) is 6.68. The van der Waals surface area contributed by atoms with E-state index in [4.69, 9.17) is 13.9 Å². The third-order valence-electron chi connectivity index (χ3n) is 3.80. The zero-order chi connectivity index (χ0) is 18.0. The lowest BCUT2D eigenvalue weighted by Gasteiger charge is -2.09. The fraction of sp³-hybridized carbons (Fsp3) is 0.158. The highest BCUT2D eigenvalue weighted by atomic mass is 16.5. The number of anilines is 1. The molecule has 2 aromatic carbocycles. The lowest BCUT2D eigenvalue weighted by atomic mass is 10.1. The smallest absolute Gasteiger partial charge is 0.349 e. The lowest BCUT2D eigenvalue weighted by Crippen LogP contribution is -2.20. The van der Waals surface area contributed by atoms with Gasteiger partial charge in [0.15, 0.2) is 0 Å². The average Bonchev–Trinajstić information content (AvgIpc) is 2.61. The Hall–Kier alpha value is -3.28. The van der Waals surface area contributed by atoms with Crippen LogP contribution in [0, 0.1) is 6.92 Å². The highest BCUT2D eigenvalue weighted by Crippen LogP contribution is 2.30. The van der Waals surface area contributed by atoms with E-state index in [1.807, 2.05) is 19.1 Å². The third kappa shape index (κ3) is 3.33. The number of benzene rings is 2. The average molecular weight is 339 g/mol. The van der Waals surface area contributed by atoms with Gasteiger partial charge in [-0.05, 0) is 25.1 Å². The van der Waals surface area contributed by atoms with Crippen molar-refractivity contribution in [2.45, 2.75) is 6.92 Å². The van der Waals surface area contributed by atoms with Crippen LogP contribution < -0.4 is 20.4 Å². The van der Waals surface area contributed by atoms with E-state index < -0.39 is 11.5 Å². The summed E-state index contributed by atoms with van der Waals surface area (Å²) in [4.78, 5) is 24.7. The molecule has 0 unspecified atom stereocenters. The van der Waals surface area contributed by atoms with E-state index in [0.717, 1.165) is 5.56 Å². The number of fused-ring (bicyclic) bond motifs is 1. The summed E-state index contributed by atoms with van der Waals surface area (Å²) in [5.74, 6) is 0.393. The Morgan fingerprint density at radius 2 is 1.76 bits per heavy atom. The molecule has 0 bridgehead atoms. The van der Waals surface area contributed by atoms with Gasteiger partial charge in [-0.15, -0.1) is 0 Å². The molecular formula is C19H17NO5. The van der Waals surface area contributed by atoms with Crippen LogP contribution >= 0.6 is 0 Å².